The van der Waals surface area contributed by atoms with Crippen LogP contribution in [-0.2, 0) is 4.74 Å². The van der Waals surface area contributed by atoms with Crippen molar-refractivity contribution in [3.63, 3.8) is 0 Å². The zero-order chi connectivity index (χ0) is 15.2. The Labute approximate surface area is 123 Å². The van der Waals surface area contributed by atoms with Crippen LogP contribution in [0.4, 0.5) is 4.79 Å². The Hall–Kier alpha value is -0.810. The van der Waals surface area contributed by atoms with Crippen molar-refractivity contribution in [2.75, 3.05) is 26.2 Å². The molecule has 0 heterocycles. The summed E-state index contributed by atoms with van der Waals surface area (Å²) in [5, 5.41) is 2.81. The fraction of sp³-hybridized carbons (Fsp3) is 0.933. The Morgan fingerprint density at radius 2 is 2.10 bits per heavy atom. The number of alkyl carbamates (subject to hydrolysis) is 1. The Morgan fingerprint density at radius 1 is 1.45 bits per heavy atom. The standard InChI is InChI=1S/C15H31N3O2/c1-5-18(11-12-6-7-12)13(10-16)8-9-17-14(19)20-15(2,3)4/h12-13H,5-11,16H2,1-4H3,(H,17,19). The third kappa shape index (κ3) is 7.10. The van der Waals surface area contributed by atoms with Crippen LogP contribution in [-0.4, -0.2) is 48.8 Å². The molecule has 1 saturated carbocycles. The molecule has 0 radical (unpaired) electrons. The van der Waals surface area contributed by atoms with Crippen LogP contribution in [0.1, 0.15) is 47.0 Å². The summed E-state index contributed by atoms with van der Waals surface area (Å²) in [4.78, 5) is 14.0. The predicted octanol–water partition coefficient (Wildman–Crippen LogP) is 1.96. The lowest BCUT2D eigenvalue weighted by Gasteiger charge is -2.30. The van der Waals surface area contributed by atoms with Crippen LogP contribution in [0, 0.1) is 5.92 Å². The summed E-state index contributed by atoms with van der Waals surface area (Å²) in [7, 11) is 0. The molecule has 5 nitrogen and oxygen atoms in total. The van der Waals surface area contributed by atoms with Gasteiger partial charge in [0.25, 0.3) is 0 Å². The van der Waals surface area contributed by atoms with Gasteiger partial charge in [0.2, 0.25) is 0 Å². The highest BCUT2D eigenvalue weighted by atomic mass is 16.6. The van der Waals surface area contributed by atoms with E-state index in [1.807, 2.05) is 20.8 Å². The molecule has 1 amide bonds. The number of carbonyl (C=O) groups is 1. The van der Waals surface area contributed by atoms with E-state index >= 15 is 0 Å². The fourth-order valence-corrected chi connectivity index (χ4v) is 2.27. The van der Waals surface area contributed by atoms with Crippen molar-refractivity contribution >= 4 is 6.09 Å². The van der Waals surface area contributed by atoms with Gasteiger partial charge in [0, 0.05) is 25.7 Å². The van der Waals surface area contributed by atoms with Crippen LogP contribution in [0.5, 0.6) is 0 Å². The number of ether oxygens (including phenoxy) is 1. The van der Waals surface area contributed by atoms with Gasteiger partial charge < -0.3 is 15.8 Å². The van der Waals surface area contributed by atoms with Crippen molar-refractivity contribution in [1.29, 1.82) is 0 Å². The summed E-state index contributed by atoms with van der Waals surface area (Å²) in [6, 6.07) is 0.343. The summed E-state index contributed by atoms with van der Waals surface area (Å²) in [5.74, 6) is 0.864. The molecule has 20 heavy (non-hydrogen) atoms. The molecular weight excluding hydrogens is 254 g/mol. The van der Waals surface area contributed by atoms with Gasteiger partial charge in [-0.25, -0.2) is 4.79 Å². The molecule has 1 rings (SSSR count). The molecule has 1 unspecified atom stereocenters. The smallest absolute Gasteiger partial charge is 0.407 e. The van der Waals surface area contributed by atoms with Crippen molar-refractivity contribution in [2.45, 2.75) is 58.6 Å². The Bertz CT molecular complexity index is 298. The molecule has 5 heteroatoms. The molecule has 118 valence electrons. The minimum absolute atomic E-state index is 0.343. The summed E-state index contributed by atoms with van der Waals surface area (Å²) in [5.41, 5.74) is 5.43. The van der Waals surface area contributed by atoms with E-state index in [0.717, 1.165) is 25.4 Å². The van der Waals surface area contributed by atoms with Crippen molar-refractivity contribution in [3.8, 4) is 0 Å². The van der Waals surface area contributed by atoms with Crippen molar-refractivity contribution < 1.29 is 9.53 Å². The lowest BCUT2D eigenvalue weighted by Crippen LogP contribution is -2.44. The van der Waals surface area contributed by atoms with E-state index in [2.05, 4.69) is 17.1 Å². The SMILES string of the molecule is CCN(CC1CC1)C(CN)CCNC(=O)OC(C)(C)C. The molecule has 3 N–H and O–H groups in total. The van der Waals surface area contributed by atoms with Gasteiger partial charge in [0.1, 0.15) is 5.60 Å². The number of nitrogens with two attached hydrogens (primary N) is 1. The van der Waals surface area contributed by atoms with Gasteiger partial charge in [-0.3, -0.25) is 4.90 Å². The Balaban J connectivity index is 2.27. The largest absolute Gasteiger partial charge is 0.444 e. The maximum Gasteiger partial charge on any atom is 0.407 e. The zero-order valence-electron chi connectivity index (χ0n) is 13.4. The van der Waals surface area contributed by atoms with Crippen molar-refractivity contribution in [2.24, 2.45) is 11.7 Å². The number of nitrogens with zero attached hydrogens (tertiary/aromatic N) is 1. The van der Waals surface area contributed by atoms with Crippen molar-refractivity contribution in [3.05, 3.63) is 0 Å². The molecular formula is C15H31N3O2. The van der Waals surface area contributed by atoms with Gasteiger partial charge in [0.15, 0.2) is 0 Å². The van der Waals surface area contributed by atoms with Crippen LogP contribution in [0.3, 0.4) is 0 Å². The highest BCUT2D eigenvalue weighted by Gasteiger charge is 2.26. The van der Waals surface area contributed by atoms with E-state index in [1.165, 1.54) is 12.8 Å². The number of amides is 1. The highest BCUT2D eigenvalue weighted by molar-refractivity contribution is 5.67. The Morgan fingerprint density at radius 3 is 2.55 bits per heavy atom. The normalized spacial score (nSPS) is 17.1. The average Bonchev–Trinajstić information content (AvgIpc) is 3.14. The molecule has 1 aliphatic carbocycles. The lowest BCUT2D eigenvalue weighted by molar-refractivity contribution is 0.0522. The zero-order valence-corrected chi connectivity index (χ0v) is 13.4. The van der Waals surface area contributed by atoms with E-state index in [4.69, 9.17) is 10.5 Å². The maximum absolute atomic E-state index is 11.6. The third-order valence-electron chi connectivity index (χ3n) is 3.53. The number of hydrogen-bond donors (Lipinski definition) is 2. The number of likely N-dealkylation sites (N-methyl/N-ethyl adjacent to an activating group) is 1. The van der Waals surface area contributed by atoms with Crippen LogP contribution < -0.4 is 11.1 Å². The molecule has 1 atom stereocenters. The second-order valence-corrected chi connectivity index (χ2v) is 6.64. The predicted molar refractivity (Wildman–Crippen MR) is 81.7 cm³/mol. The number of nitrogens with one attached hydrogen (secondary N) is 1. The lowest BCUT2D eigenvalue weighted by atomic mass is 10.1. The number of carbonyl (C=O) groups excluding carboxylic acids is 1. The molecule has 1 aliphatic rings. The van der Waals surface area contributed by atoms with Crippen molar-refractivity contribution in [1.82, 2.24) is 10.2 Å². The van der Waals surface area contributed by atoms with Gasteiger partial charge in [-0.1, -0.05) is 6.92 Å². The van der Waals surface area contributed by atoms with E-state index in [0.29, 0.717) is 19.1 Å². The van der Waals surface area contributed by atoms with Crippen LogP contribution in [0.25, 0.3) is 0 Å². The van der Waals surface area contributed by atoms with Gasteiger partial charge in [0.05, 0.1) is 0 Å². The summed E-state index contributed by atoms with van der Waals surface area (Å²) >= 11 is 0. The highest BCUT2D eigenvalue weighted by Crippen LogP contribution is 2.30. The summed E-state index contributed by atoms with van der Waals surface area (Å²) in [6.07, 6.45) is 3.23. The molecule has 0 aromatic heterocycles. The third-order valence-corrected chi connectivity index (χ3v) is 3.53. The monoisotopic (exact) mass is 285 g/mol. The van der Waals surface area contributed by atoms with E-state index in [1.54, 1.807) is 0 Å². The first-order valence-corrected chi connectivity index (χ1v) is 7.76. The molecule has 0 aliphatic heterocycles. The first-order chi connectivity index (χ1) is 9.35. The molecule has 0 bridgehead atoms. The molecule has 0 spiro atoms. The van der Waals surface area contributed by atoms with Gasteiger partial charge >= 0.3 is 6.09 Å². The first-order valence-electron chi connectivity index (χ1n) is 7.76. The Kier molecular flexibility index (Phi) is 6.76. The number of rotatable bonds is 8. The number of hydrogen-bond acceptors (Lipinski definition) is 4. The van der Waals surface area contributed by atoms with Crippen LogP contribution >= 0.6 is 0 Å². The minimum Gasteiger partial charge on any atom is -0.444 e. The second kappa shape index (κ2) is 7.84. The van der Waals surface area contributed by atoms with E-state index in [9.17, 15) is 4.79 Å². The average molecular weight is 285 g/mol. The quantitative estimate of drug-likeness (QED) is 0.715. The van der Waals surface area contributed by atoms with E-state index in [-0.39, 0.29) is 6.09 Å². The maximum atomic E-state index is 11.6. The molecule has 0 aromatic rings. The summed E-state index contributed by atoms with van der Waals surface area (Å²) < 4.78 is 5.22. The molecule has 1 fully saturated rings. The fourth-order valence-electron chi connectivity index (χ4n) is 2.27. The van der Waals surface area contributed by atoms with Crippen LogP contribution in [0.2, 0.25) is 0 Å². The minimum atomic E-state index is -0.446. The second-order valence-electron chi connectivity index (χ2n) is 6.64. The molecule has 0 aromatic carbocycles. The first kappa shape index (κ1) is 17.2. The van der Waals surface area contributed by atoms with Gasteiger partial charge in [-0.2, -0.15) is 0 Å². The summed E-state index contributed by atoms with van der Waals surface area (Å²) in [6.45, 7) is 11.2. The van der Waals surface area contributed by atoms with Gasteiger partial charge in [-0.15, -0.1) is 0 Å². The van der Waals surface area contributed by atoms with Crippen LogP contribution in [0.15, 0.2) is 0 Å². The van der Waals surface area contributed by atoms with E-state index < -0.39 is 5.60 Å². The van der Waals surface area contributed by atoms with Gasteiger partial charge in [-0.05, 0) is 52.5 Å². The topological polar surface area (TPSA) is 67.6 Å². The molecule has 0 saturated heterocycles.